The van der Waals surface area contributed by atoms with E-state index < -0.39 is 11.9 Å². The molecule has 0 heterocycles. The normalized spacial score (nSPS) is 17.5. The van der Waals surface area contributed by atoms with Crippen LogP contribution in [0.1, 0.15) is 59.2 Å². The number of Topliss-reactive ketones (excluding diaryl/α,β-unsaturated/α-hetero) is 1. The van der Waals surface area contributed by atoms with Crippen LogP contribution in [0, 0.1) is 32.6 Å². The number of hydrogen-bond acceptors (Lipinski definition) is 2. The van der Waals surface area contributed by atoms with Crippen molar-refractivity contribution in [3.05, 3.63) is 34.4 Å². The Bertz CT molecular complexity index is 531. The minimum Gasteiger partial charge on any atom is -0.481 e. The summed E-state index contributed by atoms with van der Waals surface area (Å²) in [5, 5.41) is 9.57. The summed E-state index contributed by atoms with van der Waals surface area (Å²) in [6.07, 6.45) is 4.93. The molecule has 1 aromatic rings. The molecule has 1 N–H and O–H groups in total. The molecular weight excluding hydrogens is 264 g/mol. The molecule has 114 valence electrons. The fourth-order valence-corrected chi connectivity index (χ4v) is 3.72. The van der Waals surface area contributed by atoms with Crippen LogP contribution >= 0.6 is 0 Å². The van der Waals surface area contributed by atoms with E-state index in [1.807, 2.05) is 32.9 Å². The van der Waals surface area contributed by atoms with E-state index in [4.69, 9.17) is 0 Å². The Kier molecular flexibility index (Phi) is 4.81. The number of carbonyl (C=O) groups is 2. The molecule has 0 bridgehead atoms. The number of carbonyl (C=O) groups excluding carboxylic acids is 1. The SMILES string of the molecule is Cc1cc(C)c(C(=O)C(C(=O)O)C2CCCCC2)c(C)c1. The lowest BCUT2D eigenvalue weighted by Crippen LogP contribution is -2.33. The summed E-state index contributed by atoms with van der Waals surface area (Å²) in [6, 6.07) is 3.92. The summed E-state index contributed by atoms with van der Waals surface area (Å²) in [4.78, 5) is 24.5. The molecule has 1 fully saturated rings. The molecule has 1 unspecified atom stereocenters. The number of aliphatic carboxylic acids is 1. The minimum atomic E-state index is -0.966. The summed E-state index contributed by atoms with van der Waals surface area (Å²) in [6.45, 7) is 5.78. The van der Waals surface area contributed by atoms with Crippen molar-refractivity contribution in [1.29, 1.82) is 0 Å². The van der Waals surface area contributed by atoms with Gasteiger partial charge in [0.05, 0.1) is 0 Å². The standard InChI is InChI=1S/C18H24O3/c1-11-9-12(2)15(13(3)10-11)17(19)16(18(20)21)14-7-5-4-6-8-14/h9-10,14,16H,4-8H2,1-3H3,(H,20,21). The van der Waals surface area contributed by atoms with Crippen LogP contribution < -0.4 is 0 Å². The van der Waals surface area contributed by atoms with Crippen molar-refractivity contribution in [3.8, 4) is 0 Å². The van der Waals surface area contributed by atoms with E-state index >= 15 is 0 Å². The van der Waals surface area contributed by atoms with E-state index in [9.17, 15) is 14.7 Å². The topological polar surface area (TPSA) is 54.4 Å². The maximum atomic E-state index is 12.9. The Hall–Kier alpha value is -1.64. The van der Waals surface area contributed by atoms with Crippen molar-refractivity contribution < 1.29 is 14.7 Å². The van der Waals surface area contributed by atoms with Gasteiger partial charge in [-0.25, -0.2) is 0 Å². The van der Waals surface area contributed by atoms with Crippen LogP contribution in [0.25, 0.3) is 0 Å². The van der Waals surface area contributed by atoms with E-state index in [1.165, 1.54) is 0 Å². The van der Waals surface area contributed by atoms with Gasteiger partial charge in [-0.2, -0.15) is 0 Å². The number of carboxylic acids is 1. The Labute approximate surface area is 126 Å². The average Bonchev–Trinajstić information content (AvgIpc) is 2.38. The minimum absolute atomic E-state index is 0.0103. The van der Waals surface area contributed by atoms with Gasteiger partial charge in [-0.1, -0.05) is 37.0 Å². The van der Waals surface area contributed by atoms with Crippen LogP contribution in [0.5, 0.6) is 0 Å². The van der Waals surface area contributed by atoms with Gasteiger partial charge in [-0.3, -0.25) is 9.59 Å². The van der Waals surface area contributed by atoms with Crippen LogP contribution in [0.15, 0.2) is 12.1 Å². The van der Waals surface area contributed by atoms with E-state index in [0.717, 1.165) is 48.8 Å². The van der Waals surface area contributed by atoms with Gasteiger partial charge in [0.15, 0.2) is 5.78 Å². The lowest BCUT2D eigenvalue weighted by atomic mass is 9.75. The third-order valence-electron chi connectivity index (χ3n) is 4.59. The van der Waals surface area contributed by atoms with Crippen LogP contribution in [-0.4, -0.2) is 16.9 Å². The van der Waals surface area contributed by atoms with E-state index in [2.05, 4.69) is 0 Å². The third kappa shape index (κ3) is 3.34. The fourth-order valence-electron chi connectivity index (χ4n) is 3.72. The molecule has 21 heavy (non-hydrogen) atoms. The molecule has 1 aromatic carbocycles. The maximum Gasteiger partial charge on any atom is 0.314 e. The Morgan fingerprint density at radius 3 is 2.05 bits per heavy atom. The van der Waals surface area contributed by atoms with Crippen molar-refractivity contribution in [2.75, 3.05) is 0 Å². The molecule has 1 aliphatic rings. The van der Waals surface area contributed by atoms with Gasteiger partial charge in [0, 0.05) is 5.56 Å². The van der Waals surface area contributed by atoms with Crippen molar-refractivity contribution >= 4 is 11.8 Å². The second-order valence-electron chi connectivity index (χ2n) is 6.35. The Morgan fingerprint density at radius 1 is 1.05 bits per heavy atom. The Morgan fingerprint density at radius 2 is 1.57 bits per heavy atom. The van der Waals surface area contributed by atoms with Gasteiger partial charge >= 0.3 is 5.97 Å². The molecule has 0 saturated heterocycles. The summed E-state index contributed by atoms with van der Waals surface area (Å²) >= 11 is 0. The van der Waals surface area contributed by atoms with Gasteiger partial charge in [0.25, 0.3) is 0 Å². The quantitative estimate of drug-likeness (QED) is 0.671. The second kappa shape index (κ2) is 6.42. The molecule has 1 aliphatic carbocycles. The van der Waals surface area contributed by atoms with Crippen molar-refractivity contribution in [3.63, 3.8) is 0 Å². The average molecular weight is 288 g/mol. The zero-order chi connectivity index (χ0) is 15.6. The highest BCUT2D eigenvalue weighted by atomic mass is 16.4. The van der Waals surface area contributed by atoms with E-state index in [1.54, 1.807) is 0 Å². The van der Waals surface area contributed by atoms with E-state index in [0.29, 0.717) is 5.56 Å². The lowest BCUT2D eigenvalue weighted by molar-refractivity contribution is -0.142. The second-order valence-corrected chi connectivity index (χ2v) is 6.35. The third-order valence-corrected chi connectivity index (χ3v) is 4.59. The van der Waals surface area contributed by atoms with Gasteiger partial charge in [-0.05, 0) is 50.7 Å². The lowest BCUT2D eigenvalue weighted by Gasteiger charge is -2.27. The maximum absolute atomic E-state index is 12.9. The molecule has 1 saturated carbocycles. The molecule has 0 aromatic heterocycles. The summed E-state index contributed by atoms with van der Waals surface area (Å²) in [7, 11) is 0. The van der Waals surface area contributed by atoms with Crippen LogP contribution in [0.3, 0.4) is 0 Å². The zero-order valence-corrected chi connectivity index (χ0v) is 13.1. The molecule has 2 rings (SSSR count). The monoisotopic (exact) mass is 288 g/mol. The zero-order valence-electron chi connectivity index (χ0n) is 13.1. The molecule has 1 atom stereocenters. The highest BCUT2D eigenvalue weighted by Gasteiger charge is 2.36. The molecule has 3 heteroatoms. The first-order chi connectivity index (χ1) is 9.91. The van der Waals surface area contributed by atoms with Crippen LogP contribution in [0.2, 0.25) is 0 Å². The highest BCUT2D eigenvalue weighted by molar-refractivity contribution is 6.10. The van der Waals surface area contributed by atoms with Crippen molar-refractivity contribution in [1.82, 2.24) is 0 Å². The number of aryl methyl sites for hydroxylation is 3. The number of ketones is 1. The van der Waals surface area contributed by atoms with Gasteiger partial charge in [-0.15, -0.1) is 0 Å². The number of hydrogen-bond donors (Lipinski definition) is 1. The number of benzene rings is 1. The van der Waals surface area contributed by atoms with Crippen LogP contribution in [-0.2, 0) is 4.79 Å². The summed E-state index contributed by atoms with van der Waals surface area (Å²) < 4.78 is 0. The predicted molar refractivity (Wildman–Crippen MR) is 82.7 cm³/mol. The molecule has 0 radical (unpaired) electrons. The van der Waals surface area contributed by atoms with Gasteiger partial charge in [0.1, 0.15) is 5.92 Å². The first kappa shape index (κ1) is 15.7. The summed E-state index contributed by atoms with van der Waals surface area (Å²) in [5.41, 5.74) is 3.49. The highest BCUT2D eigenvalue weighted by Crippen LogP contribution is 2.33. The molecule has 3 nitrogen and oxygen atoms in total. The molecule has 0 aliphatic heterocycles. The predicted octanol–water partition coefficient (Wildman–Crippen LogP) is 4.08. The molecular formula is C18H24O3. The Balaban J connectivity index is 2.37. The molecule has 0 amide bonds. The first-order valence-corrected chi connectivity index (χ1v) is 7.76. The van der Waals surface area contributed by atoms with Gasteiger partial charge in [0.2, 0.25) is 0 Å². The fraction of sp³-hybridized carbons (Fsp3) is 0.556. The van der Waals surface area contributed by atoms with Crippen LogP contribution in [0.4, 0.5) is 0 Å². The smallest absolute Gasteiger partial charge is 0.314 e. The van der Waals surface area contributed by atoms with Crippen molar-refractivity contribution in [2.24, 2.45) is 11.8 Å². The largest absolute Gasteiger partial charge is 0.481 e. The van der Waals surface area contributed by atoms with Crippen molar-refractivity contribution in [2.45, 2.75) is 52.9 Å². The molecule has 0 spiro atoms. The van der Waals surface area contributed by atoms with Gasteiger partial charge < -0.3 is 5.11 Å². The number of carboxylic acid groups (broad SMARTS) is 1. The summed E-state index contributed by atoms with van der Waals surface area (Å²) in [5.74, 6) is -2.06. The number of rotatable bonds is 4. The first-order valence-electron chi connectivity index (χ1n) is 7.76. The van der Waals surface area contributed by atoms with E-state index in [-0.39, 0.29) is 11.7 Å².